The third-order valence-electron chi connectivity index (χ3n) is 6.66. The van der Waals surface area contributed by atoms with Crippen molar-refractivity contribution in [3.05, 3.63) is 94.9 Å². The summed E-state index contributed by atoms with van der Waals surface area (Å²) >= 11 is 3.56. The van der Waals surface area contributed by atoms with Gasteiger partial charge in [0, 0.05) is 36.7 Å². The first-order chi connectivity index (χ1) is 19.7. The van der Waals surface area contributed by atoms with Crippen LogP contribution in [0.3, 0.4) is 0 Å². The second-order valence-electron chi connectivity index (χ2n) is 9.82. The number of fused-ring (bicyclic) bond motifs is 1. The Morgan fingerprint density at radius 1 is 1.12 bits per heavy atom. The van der Waals surface area contributed by atoms with Gasteiger partial charge >= 0.3 is 0 Å². The van der Waals surface area contributed by atoms with Crippen LogP contribution in [0.25, 0.3) is 10.9 Å². The third kappa shape index (κ3) is 7.38. The maximum absolute atomic E-state index is 13.5. The molecular formula is C29H29BrFN5O4S. The van der Waals surface area contributed by atoms with Crippen molar-refractivity contribution in [1.29, 1.82) is 0 Å². The smallest absolute Gasteiger partial charge is 0.154 e. The number of rotatable bonds is 12. The summed E-state index contributed by atoms with van der Waals surface area (Å²) in [4.78, 5) is 13.5. The van der Waals surface area contributed by atoms with E-state index in [1.54, 1.807) is 18.5 Å². The van der Waals surface area contributed by atoms with Gasteiger partial charge in [-0.15, -0.1) is 0 Å². The zero-order valence-electron chi connectivity index (χ0n) is 22.3. The molecule has 0 amide bonds. The van der Waals surface area contributed by atoms with Crippen molar-refractivity contribution in [3.8, 4) is 5.75 Å². The molecule has 1 aliphatic rings. The van der Waals surface area contributed by atoms with E-state index in [1.807, 2.05) is 36.4 Å². The number of pyridine rings is 1. The summed E-state index contributed by atoms with van der Waals surface area (Å²) in [5.41, 5.74) is 2.24. The topological polar surface area (TPSA) is 115 Å². The molecule has 0 fully saturated rings. The lowest BCUT2D eigenvalue weighted by atomic mass is 9.91. The molecule has 12 heteroatoms. The lowest BCUT2D eigenvalue weighted by Gasteiger charge is -2.28. The molecule has 0 saturated heterocycles. The van der Waals surface area contributed by atoms with Crippen molar-refractivity contribution >= 4 is 48.2 Å². The molecular weight excluding hydrogens is 613 g/mol. The van der Waals surface area contributed by atoms with Gasteiger partial charge in [0.15, 0.2) is 5.60 Å². The number of hydrogen-bond donors (Lipinski definition) is 2. The summed E-state index contributed by atoms with van der Waals surface area (Å²) in [7, 11) is -3.03. The number of sulfone groups is 1. The van der Waals surface area contributed by atoms with Crippen molar-refractivity contribution in [2.45, 2.75) is 25.0 Å². The van der Waals surface area contributed by atoms with Crippen LogP contribution in [-0.4, -0.2) is 48.5 Å². The molecule has 0 radical (unpaired) electrons. The summed E-state index contributed by atoms with van der Waals surface area (Å²) in [6.07, 6.45) is 9.28. The van der Waals surface area contributed by atoms with Gasteiger partial charge in [-0.25, -0.2) is 22.8 Å². The molecule has 0 spiro atoms. The molecule has 1 aliphatic heterocycles. The molecule has 1 atom stereocenters. The Balaban J connectivity index is 1.32. The highest BCUT2D eigenvalue weighted by Gasteiger charge is 2.36. The van der Waals surface area contributed by atoms with Crippen molar-refractivity contribution < 1.29 is 22.3 Å². The maximum Gasteiger partial charge on any atom is 0.154 e. The van der Waals surface area contributed by atoms with E-state index >= 15 is 0 Å². The normalized spacial score (nSPS) is 16.6. The van der Waals surface area contributed by atoms with E-state index in [4.69, 9.17) is 9.47 Å². The van der Waals surface area contributed by atoms with E-state index in [1.165, 1.54) is 24.7 Å². The number of aromatic nitrogens is 3. The molecule has 3 heterocycles. The van der Waals surface area contributed by atoms with Crippen LogP contribution in [0.15, 0.2) is 77.9 Å². The first-order valence-electron chi connectivity index (χ1n) is 13.0. The fraction of sp³-hybridized carbons (Fsp3) is 0.276. The Hall–Kier alpha value is -3.61. The molecule has 5 rings (SSSR count). The number of ether oxygens (including phenoxy) is 2. The van der Waals surface area contributed by atoms with Crippen LogP contribution in [0.2, 0.25) is 0 Å². The van der Waals surface area contributed by atoms with Crippen molar-refractivity contribution in [1.82, 2.24) is 20.3 Å². The molecule has 9 nitrogen and oxygen atoms in total. The van der Waals surface area contributed by atoms with Gasteiger partial charge in [-0.1, -0.05) is 12.1 Å². The van der Waals surface area contributed by atoms with Crippen LogP contribution in [0.1, 0.15) is 24.1 Å². The predicted molar refractivity (Wildman–Crippen MR) is 159 cm³/mol. The summed E-state index contributed by atoms with van der Waals surface area (Å²) < 4.78 is 49.0. The van der Waals surface area contributed by atoms with E-state index in [-0.39, 0.29) is 18.2 Å². The zero-order chi connectivity index (χ0) is 28.9. The Kier molecular flexibility index (Phi) is 8.81. The third-order valence-corrected chi connectivity index (χ3v) is 8.22. The summed E-state index contributed by atoms with van der Waals surface area (Å²) in [5, 5.41) is 7.33. The van der Waals surface area contributed by atoms with E-state index in [9.17, 15) is 12.8 Å². The minimum atomic E-state index is -3.03. The zero-order valence-corrected chi connectivity index (χ0v) is 24.7. The number of anilines is 2. The second-order valence-corrected chi connectivity index (χ2v) is 12.9. The molecule has 4 aromatic rings. The van der Waals surface area contributed by atoms with Gasteiger partial charge in [-0.05, 0) is 70.5 Å². The summed E-state index contributed by atoms with van der Waals surface area (Å²) in [5.74, 6) is 1.00. The number of hydrogen-bond acceptors (Lipinski definition) is 9. The van der Waals surface area contributed by atoms with Gasteiger partial charge in [0.25, 0.3) is 0 Å². The van der Waals surface area contributed by atoms with Gasteiger partial charge in [0.1, 0.15) is 40.2 Å². The van der Waals surface area contributed by atoms with Crippen LogP contribution in [-0.2, 0) is 26.8 Å². The highest BCUT2D eigenvalue weighted by molar-refractivity contribution is 9.10. The SMILES string of the molecule is CS(=O)(=O)CCNCCC1(c2cc3c(Nc4ccc(OCc5cccc(F)c5)c(Br)c4)ncnc3cn2)CC=CO1. The fourth-order valence-electron chi connectivity index (χ4n) is 4.52. The first kappa shape index (κ1) is 28.9. The van der Waals surface area contributed by atoms with Crippen LogP contribution < -0.4 is 15.4 Å². The number of benzene rings is 2. The van der Waals surface area contributed by atoms with Crippen molar-refractivity contribution in [2.24, 2.45) is 0 Å². The van der Waals surface area contributed by atoms with Crippen LogP contribution in [0, 0.1) is 5.82 Å². The minimum Gasteiger partial charge on any atom is -0.489 e. The van der Waals surface area contributed by atoms with E-state index in [0.717, 1.165) is 26.8 Å². The Morgan fingerprint density at radius 3 is 2.76 bits per heavy atom. The lowest BCUT2D eigenvalue weighted by molar-refractivity contribution is 0.0288. The molecule has 2 aromatic carbocycles. The number of nitrogens with zero attached hydrogens (tertiary/aromatic N) is 3. The van der Waals surface area contributed by atoms with E-state index in [0.29, 0.717) is 43.0 Å². The molecule has 1 unspecified atom stereocenters. The predicted octanol–water partition coefficient (Wildman–Crippen LogP) is 5.40. The van der Waals surface area contributed by atoms with Crippen LogP contribution >= 0.6 is 15.9 Å². The number of halogens is 2. The monoisotopic (exact) mass is 641 g/mol. The highest BCUT2D eigenvalue weighted by atomic mass is 79.9. The van der Waals surface area contributed by atoms with Crippen LogP contribution in [0.4, 0.5) is 15.9 Å². The standard InChI is InChI=1S/C29H29BrFN5O4S/c1-41(37,38)13-11-32-10-9-29(8-3-12-40-29)27-16-23-25(17-33-27)34-19-35-28(23)36-22-6-7-26(24(30)15-22)39-18-20-4-2-5-21(31)14-20/h2-7,12,14-17,19,32H,8-11,13,18H2,1H3,(H,34,35,36). The Morgan fingerprint density at radius 2 is 2.00 bits per heavy atom. The Bertz CT molecular complexity index is 1680. The first-order valence-corrected chi connectivity index (χ1v) is 15.8. The highest BCUT2D eigenvalue weighted by Crippen LogP contribution is 2.38. The molecule has 0 bridgehead atoms. The van der Waals surface area contributed by atoms with Gasteiger partial charge in [0.2, 0.25) is 0 Å². The molecule has 2 N–H and O–H groups in total. The fourth-order valence-corrected chi connectivity index (χ4v) is 5.53. The largest absolute Gasteiger partial charge is 0.489 e. The molecule has 0 aliphatic carbocycles. The maximum atomic E-state index is 13.5. The van der Waals surface area contributed by atoms with Gasteiger partial charge in [-0.3, -0.25) is 4.98 Å². The van der Waals surface area contributed by atoms with Crippen LogP contribution in [0.5, 0.6) is 5.75 Å². The average molecular weight is 643 g/mol. The molecule has 2 aromatic heterocycles. The van der Waals surface area contributed by atoms with E-state index < -0.39 is 15.4 Å². The quantitative estimate of drug-likeness (QED) is 0.196. The van der Waals surface area contributed by atoms with Gasteiger partial charge < -0.3 is 20.1 Å². The summed E-state index contributed by atoms with van der Waals surface area (Å²) in [6.45, 7) is 1.18. The Labute approximate surface area is 246 Å². The average Bonchev–Trinajstić information content (AvgIpc) is 3.42. The number of nitrogens with one attached hydrogen (secondary N) is 2. The van der Waals surface area contributed by atoms with E-state index in [2.05, 4.69) is 41.5 Å². The van der Waals surface area contributed by atoms with Gasteiger partial charge in [0.05, 0.1) is 33.9 Å². The molecule has 214 valence electrons. The van der Waals surface area contributed by atoms with Gasteiger partial charge in [-0.2, -0.15) is 0 Å². The van der Waals surface area contributed by atoms with Crippen molar-refractivity contribution in [2.75, 3.05) is 30.4 Å². The minimum absolute atomic E-state index is 0.0793. The van der Waals surface area contributed by atoms with Crippen molar-refractivity contribution in [3.63, 3.8) is 0 Å². The summed E-state index contributed by atoms with van der Waals surface area (Å²) in [6, 6.07) is 13.8. The molecule has 0 saturated carbocycles. The second kappa shape index (κ2) is 12.5. The molecule has 41 heavy (non-hydrogen) atoms. The lowest BCUT2D eigenvalue weighted by Crippen LogP contribution is -2.32.